The van der Waals surface area contributed by atoms with E-state index in [1.807, 2.05) is 72.8 Å². The Labute approximate surface area is 210 Å². The van der Waals surface area contributed by atoms with E-state index < -0.39 is 0 Å². The van der Waals surface area contributed by atoms with Crippen molar-refractivity contribution in [2.75, 3.05) is 0 Å². The van der Waals surface area contributed by atoms with Gasteiger partial charge in [0.25, 0.3) is 0 Å². The second-order valence-corrected chi connectivity index (χ2v) is 7.55. The van der Waals surface area contributed by atoms with Gasteiger partial charge in [-0.25, -0.2) is 23.8 Å². The van der Waals surface area contributed by atoms with E-state index in [4.69, 9.17) is 0 Å². The van der Waals surface area contributed by atoms with Crippen LogP contribution >= 0.6 is 0 Å². The molecule has 0 spiro atoms. The van der Waals surface area contributed by atoms with Crippen LogP contribution in [0.1, 0.15) is 56.1 Å². The molecule has 31 heavy (non-hydrogen) atoms. The molecule has 2 aromatic carbocycles. The molecular formula is C30H34Zr. The Balaban J connectivity index is 0.000000213. The molecule has 0 unspecified atom stereocenters. The zero-order valence-corrected chi connectivity index (χ0v) is 21.1. The molecule has 0 heterocycles. The van der Waals surface area contributed by atoms with E-state index in [9.17, 15) is 0 Å². The second-order valence-electron chi connectivity index (χ2n) is 7.55. The van der Waals surface area contributed by atoms with Gasteiger partial charge in [0.1, 0.15) is 0 Å². The van der Waals surface area contributed by atoms with Gasteiger partial charge in [-0.2, -0.15) is 61.4 Å². The molecule has 3 aliphatic carbocycles. The van der Waals surface area contributed by atoms with Crippen molar-refractivity contribution in [1.29, 1.82) is 0 Å². The minimum atomic E-state index is 0. The third-order valence-electron chi connectivity index (χ3n) is 5.04. The van der Waals surface area contributed by atoms with E-state index in [0.717, 1.165) is 29.9 Å². The number of rotatable bonds is 1. The zero-order valence-electron chi connectivity index (χ0n) is 18.6. The van der Waals surface area contributed by atoms with Crippen LogP contribution in [0.25, 0.3) is 0 Å². The van der Waals surface area contributed by atoms with Crippen molar-refractivity contribution >= 4 is 0 Å². The molecule has 0 aliphatic heterocycles. The third kappa shape index (κ3) is 13.1. The molecule has 2 aromatic rings. The monoisotopic (exact) mass is 484 g/mol. The second kappa shape index (κ2) is 17.7. The number of benzene rings is 2. The van der Waals surface area contributed by atoms with Crippen LogP contribution < -0.4 is 0 Å². The van der Waals surface area contributed by atoms with Gasteiger partial charge in [0.15, 0.2) is 0 Å². The van der Waals surface area contributed by atoms with Gasteiger partial charge in [-0.1, -0.05) is 31.4 Å². The Morgan fingerprint density at radius 3 is 1.61 bits per heavy atom. The first-order chi connectivity index (χ1) is 14.8. The van der Waals surface area contributed by atoms with E-state index in [0.29, 0.717) is 0 Å². The largest absolute Gasteiger partial charge is 4.00 e. The molecule has 0 atom stereocenters. The van der Waals surface area contributed by atoms with E-state index in [2.05, 4.69) is 44.2 Å². The Morgan fingerprint density at radius 2 is 1.29 bits per heavy atom. The number of hydrogen-bond donors (Lipinski definition) is 0. The van der Waals surface area contributed by atoms with Crippen molar-refractivity contribution in [3.8, 4) is 0 Å². The molecule has 0 nitrogen and oxygen atoms in total. The molecule has 1 fully saturated rings. The Hall–Kier alpha value is -1.98. The fourth-order valence-electron chi connectivity index (χ4n) is 3.41. The van der Waals surface area contributed by atoms with Crippen LogP contribution in [0.5, 0.6) is 0 Å². The van der Waals surface area contributed by atoms with Crippen molar-refractivity contribution in [2.24, 2.45) is 5.92 Å². The van der Waals surface area contributed by atoms with Crippen molar-refractivity contribution in [2.45, 2.75) is 44.9 Å². The molecule has 0 radical (unpaired) electrons. The van der Waals surface area contributed by atoms with Crippen molar-refractivity contribution < 1.29 is 26.2 Å². The molecule has 5 rings (SSSR count). The maximum atomic E-state index is 3.72. The summed E-state index contributed by atoms with van der Waals surface area (Å²) in [6.07, 6.45) is 26.1. The van der Waals surface area contributed by atoms with Crippen molar-refractivity contribution in [1.82, 2.24) is 0 Å². The normalized spacial score (nSPS) is 15.8. The SMILES string of the molecule is [C-]1=C(C2CCCCC2)C=CC1.[C-]1=CC=CC1.[CH2-]c1ccccc1.[CH2-]c1ccccc1.[Zr+4]. The maximum absolute atomic E-state index is 3.72. The quantitative estimate of drug-likeness (QED) is 0.356. The smallest absolute Gasteiger partial charge is 0.273 e. The zero-order chi connectivity index (χ0) is 21.3. The van der Waals surface area contributed by atoms with Gasteiger partial charge in [-0.15, -0.1) is 37.1 Å². The molecule has 0 N–H and O–H groups in total. The standard InChI is InChI=1S/C11H15.2C7H7.C5H5.Zr/c1-2-6-10(7-3-1)11-8-4-5-9-11;2*1-7-5-3-2-4-6-7;1-2-4-5-3-1;/h4,8,10H,1-3,5-7H2;2*2-6H,1H2;1-3H,4H2;/q4*-1;+4. The van der Waals surface area contributed by atoms with E-state index in [-0.39, 0.29) is 26.2 Å². The van der Waals surface area contributed by atoms with Gasteiger partial charge < -0.3 is 0 Å². The summed E-state index contributed by atoms with van der Waals surface area (Å²) in [6, 6.07) is 19.7. The van der Waals surface area contributed by atoms with Crippen LogP contribution in [-0.4, -0.2) is 0 Å². The van der Waals surface area contributed by atoms with Crippen LogP contribution in [0.2, 0.25) is 0 Å². The Morgan fingerprint density at radius 1 is 0.710 bits per heavy atom. The average molecular weight is 486 g/mol. The van der Waals surface area contributed by atoms with Crippen LogP contribution in [0.3, 0.4) is 0 Å². The summed E-state index contributed by atoms with van der Waals surface area (Å²) in [4.78, 5) is 0. The summed E-state index contributed by atoms with van der Waals surface area (Å²) >= 11 is 0. The molecule has 0 bridgehead atoms. The van der Waals surface area contributed by atoms with Crippen LogP contribution in [-0.2, 0) is 26.2 Å². The fourth-order valence-corrected chi connectivity index (χ4v) is 3.41. The average Bonchev–Trinajstić information content (AvgIpc) is 3.54. The first kappa shape index (κ1) is 27.1. The summed E-state index contributed by atoms with van der Waals surface area (Å²) in [6.45, 7) is 7.44. The minimum Gasteiger partial charge on any atom is -0.273 e. The molecule has 158 valence electrons. The summed E-state index contributed by atoms with van der Waals surface area (Å²) in [5, 5.41) is 0. The minimum absolute atomic E-state index is 0. The van der Waals surface area contributed by atoms with Crippen molar-refractivity contribution in [3.63, 3.8) is 0 Å². The van der Waals surface area contributed by atoms with Gasteiger partial charge in [-0.05, 0) is 18.8 Å². The number of hydrogen-bond acceptors (Lipinski definition) is 0. The predicted octanol–water partition coefficient (Wildman–Crippen LogP) is 8.30. The Kier molecular flexibility index (Phi) is 15.4. The topological polar surface area (TPSA) is 0 Å². The van der Waals surface area contributed by atoms with Crippen LogP contribution in [0, 0.1) is 31.9 Å². The van der Waals surface area contributed by atoms with Gasteiger partial charge in [0.05, 0.1) is 0 Å². The Bertz CT molecular complexity index is 743. The molecule has 0 saturated heterocycles. The van der Waals surface area contributed by atoms with E-state index in [1.165, 1.54) is 37.7 Å². The molecule has 1 heteroatoms. The molecule has 0 amide bonds. The van der Waals surface area contributed by atoms with E-state index in [1.54, 1.807) is 0 Å². The predicted molar refractivity (Wildman–Crippen MR) is 130 cm³/mol. The van der Waals surface area contributed by atoms with Gasteiger partial charge in [-0.3, -0.25) is 12.2 Å². The first-order valence-electron chi connectivity index (χ1n) is 11.0. The van der Waals surface area contributed by atoms with Crippen LogP contribution in [0.4, 0.5) is 0 Å². The molecular weight excluding hydrogens is 452 g/mol. The van der Waals surface area contributed by atoms with Gasteiger partial charge >= 0.3 is 26.2 Å². The summed E-state index contributed by atoms with van der Waals surface area (Å²) in [5.74, 6) is 0.863. The number of allylic oxidation sites excluding steroid dienone is 8. The fraction of sp³-hybridized carbons (Fsp3) is 0.267. The van der Waals surface area contributed by atoms with E-state index >= 15 is 0 Å². The molecule has 0 aromatic heterocycles. The van der Waals surface area contributed by atoms with Crippen LogP contribution in [0.15, 0.2) is 96.6 Å². The van der Waals surface area contributed by atoms with Crippen molar-refractivity contribution in [3.05, 3.63) is 134 Å². The third-order valence-corrected chi connectivity index (χ3v) is 5.04. The molecule has 1 saturated carbocycles. The van der Waals surface area contributed by atoms with Gasteiger partial charge in [0.2, 0.25) is 0 Å². The summed E-state index contributed by atoms with van der Waals surface area (Å²) < 4.78 is 0. The summed E-state index contributed by atoms with van der Waals surface area (Å²) in [7, 11) is 0. The molecule has 3 aliphatic rings. The van der Waals surface area contributed by atoms with Gasteiger partial charge in [0, 0.05) is 0 Å². The first-order valence-corrected chi connectivity index (χ1v) is 11.0. The maximum Gasteiger partial charge on any atom is 4.00 e. The summed E-state index contributed by atoms with van der Waals surface area (Å²) in [5.41, 5.74) is 3.65.